The smallest absolute Gasteiger partial charge is 0.0544 e. The minimum Gasteiger partial charge on any atom is -0.304 e. The fraction of sp³-hybridized carbons (Fsp3) is 0.375. The van der Waals surface area contributed by atoms with Gasteiger partial charge in [0.15, 0.2) is 0 Å². The van der Waals surface area contributed by atoms with Crippen molar-refractivity contribution in [1.29, 1.82) is 0 Å². The average Bonchev–Trinajstić information content (AvgIpc) is 1.93. The van der Waals surface area contributed by atoms with Crippen LogP contribution in [0.4, 0.5) is 0 Å². The molecule has 3 heteroatoms. The van der Waals surface area contributed by atoms with Crippen LogP contribution in [0.15, 0.2) is 18.3 Å². The molecule has 2 nitrogen and oxygen atoms in total. The minimum atomic E-state index is 0.914. The summed E-state index contributed by atoms with van der Waals surface area (Å²) in [6.07, 6.45) is 1.89. The Hall–Kier alpha value is -0.160. The highest BCUT2D eigenvalue weighted by Crippen LogP contribution is 2.03. The lowest BCUT2D eigenvalue weighted by Crippen LogP contribution is -2.11. The third kappa shape index (κ3) is 3.16. The van der Waals surface area contributed by atoms with Gasteiger partial charge < -0.3 is 4.90 Å². The second-order valence-electron chi connectivity index (χ2n) is 2.71. The summed E-state index contributed by atoms with van der Waals surface area (Å²) in [6.45, 7) is 0.914. The average molecular weight is 262 g/mol. The summed E-state index contributed by atoms with van der Waals surface area (Å²) in [5.41, 5.74) is 1.12. The maximum Gasteiger partial charge on any atom is 0.0544 e. The molecule has 0 bridgehead atoms. The molecule has 0 saturated carbocycles. The lowest BCUT2D eigenvalue weighted by Gasteiger charge is -2.07. The van der Waals surface area contributed by atoms with Gasteiger partial charge in [0.05, 0.1) is 5.69 Å². The summed E-state index contributed by atoms with van der Waals surface area (Å²) in [5.74, 6) is 0. The Balaban J connectivity index is 2.66. The molecule has 0 aliphatic heterocycles. The van der Waals surface area contributed by atoms with Gasteiger partial charge in [0.1, 0.15) is 0 Å². The van der Waals surface area contributed by atoms with E-state index in [1.165, 1.54) is 3.57 Å². The van der Waals surface area contributed by atoms with Crippen molar-refractivity contribution in [2.75, 3.05) is 14.1 Å². The van der Waals surface area contributed by atoms with Crippen molar-refractivity contribution in [3.8, 4) is 0 Å². The molecule has 1 aromatic heterocycles. The van der Waals surface area contributed by atoms with Crippen LogP contribution in [0, 0.1) is 3.57 Å². The van der Waals surface area contributed by atoms with Crippen LogP contribution in [0.25, 0.3) is 0 Å². The highest BCUT2D eigenvalue weighted by atomic mass is 127. The molecule has 0 unspecified atom stereocenters. The van der Waals surface area contributed by atoms with Crippen molar-refractivity contribution in [2.45, 2.75) is 6.54 Å². The molecule has 0 radical (unpaired) electrons. The molecule has 0 atom stereocenters. The molecule has 0 amide bonds. The summed E-state index contributed by atoms with van der Waals surface area (Å²) in [4.78, 5) is 6.38. The summed E-state index contributed by atoms with van der Waals surface area (Å²) < 4.78 is 1.19. The standard InChI is InChI=1S/C8H11IN2/c1-11(2)6-8-4-3-7(9)5-10-8/h3-5H,6H2,1-2H3. The Kier molecular flexibility index (Phi) is 3.26. The Morgan fingerprint density at radius 2 is 2.18 bits per heavy atom. The topological polar surface area (TPSA) is 16.1 Å². The van der Waals surface area contributed by atoms with Crippen LogP contribution in [0.2, 0.25) is 0 Å². The quantitative estimate of drug-likeness (QED) is 0.755. The lowest BCUT2D eigenvalue weighted by molar-refractivity contribution is 0.397. The van der Waals surface area contributed by atoms with Crippen LogP contribution >= 0.6 is 22.6 Å². The van der Waals surface area contributed by atoms with Crippen molar-refractivity contribution in [3.05, 3.63) is 27.6 Å². The van der Waals surface area contributed by atoms with E-state index in [0.29, 0.717) is 0 Å². The summed E-state index contributed by atoms with van der Waals surface area (Å²) in [6, 6.07) is 4.13. The first-order valence-corrected chi connectivity index (χ1v) is 4.51. The van der Waals surface area contributed by atoms with Crippen molar-refractivity contribution in [1.82, 2.24) is 9.88 Å². The van der Waals surface area contributed by atoms with Gasteiger partial charge in [0.25, 0.3) is 0 Å². The predicted molar refractivity (Wildman–Crippen MR) is 54.3 cm³/mol. The number of nitrogens with zero attached hydrogens (tertiary/aromatic N) is 2. The number of aromatic nitrogens is 1. The van der Waals surface area contributed by atoms with Crippen LogP contribution in [-0.4, -0.2) is 24.0 Å². The zero-order chi connectivity index (χ0) is 8.27. The molecule has 60 valence electrons. The van der Waals surface area contributed by atoms with Gasteiger partial charge in [-0.05, 0) is 48.8 Å². The maximum absolute atomic E-state index is 4.27. The van der Waals surface area contributed by atoms with E-state index in [9.17, 15) is 0 Å². The monoisotopic (exact) mass is 262 g/mol. The minimum absolute atomic E-state index is 0.914. The second kappa shape index (κ2) is 4.01. The van der Waals surface area contributed by atoms with E-state index in [4.69, 9.17) is 0 Å². The van der Waals surface area contributed by atoms with Gasteiger partial charge in [-0.25, -0.2) is 0 Å². The van der Waals surface area contributed by atoms with Crippen LogP contribution in [0.1, 0.15) is 5.69 Å². The van der Waals surface area contributed by atoms with Crippen LogP contribution in [0.3, 0.4) is 0 Å². The van der Waals surface area contributed by atoms with E-state index in [-0.39, 0.29) is 0 Å². The molecule has 0 aliphatic carbocycles. The fourth-order valence-electron chi connectivity index (χ4n) is 0.824. The van der Waals surface area contributed by atoms with Gasteiger partial charge in [-0.2, -0.15) is 0 Å². The van der Waals surface area contributed by atoms with Crippen molar-refractivity contribution in [3.63, 3.8) is 0 Å². The van der Waals surface area contributed by atoms with Crippen LogP contribution < -0.4 is 0 Å². The van der Waals surface area contributed by atoms with Crippen molar-refractivity contribution in [2.24, 2.45) is 0 Å². The van der Waals surface area contributed by atoms with E-state index < -0.39 is 0 Å². The Labute approximate surface area is 80.8 Å². The fourth-order valence-corrected chi connectivity index (χ4v) is 1.14. The third-order valence-electron chi connectivity index (χ3n) is 1.27. The molecule has 0 fully saturated rings. The first-order chi connectivity index (χ1) is 5.18. The first kappa shape index (κ1) is 8.93. The second-order valence-corrected chi connectivity index (χ2v) is 3.95. The number of rotatable bonds is 2. The summed E-state index contributed by atoms with van der Waals surface area (Å²) in [5, 5.41) is 0. The molecular formula is C8H11IN2. The molecule has 0 aliphatic rings. The number of halogens is 1. The molecule has 1 heterocycles. The molecule has 0 N–H and O–H groups in total. The third-order valence-corrected chi connectivity index (χ3v) is 1.90. The van der Waals surface area contributed by atoms with Gasteiger partial charge in [0.2, 0.25) is 0 Å². The van der Waals surface area contributed by atoms with Gasteiger partial charge in [0, 0.05) is 16.3 Å². The highest BCUT2D eigenvalue weighted by molar-refractivity contribution is 14.1. The number of hydrogen-bond acceptors (Lipinski definition) is 2. The number of pyridine rings is 1. The van der Waals surface area contributed by atoms with Gasteiger partial charge in [-0.1, -0.05) is 0 Å². The zero-order valence-corrected chi connectivity index (χ0v) is 8.87. The zero-order valence-electron chi connectivity index (χ0n) is 6.71. The molecule has 0 aromatic carbocycles. The Morgan fingerprint density at radius 1 is 1.45 bits per heavy atom. The van der Waals surface area contributed by atoms with E-state index >= 15 is 0 Å². The summed E-state index contributed by atoms with van der Waals surface area (Å²) in [7, 11) is 4.08. The normalized spacial score (nSPS) is 10.5. The predicted octanol–water partition coefficient (Wildman–Crippen LogP) is 1.75. The molecule has 0 spiro atoms. The Morgan fingerprint density at radius 3 is 2.64 bits per heavy atom. The molecule has 11 heavy (non-hydrogen) atoms. The van der Waals surface area contributed by atoms with Gasteiger partial charge in [-0.3, -0.25) is 4.98 Å². The van der Waals surface area contributed by atoms with E-state index in [1.54, 1.807) is 0 Å². The molecule has 1 rings (SSSR count). The van der Waals surface area contributed by atoms with E-state index in [0.717, 1.165) is 12.2 Å². The van der Waals surface area contributed by atoms with Crippen LogP contribution in [-0.2, 0) is 6.54 Å². The molecule has 0 saturated heterocycles. The van der Waals surface area contributed by atoms with Gasteiger partial charge >= 0.3 is 0 Å². The molecular weight excluding hydrogens is 251 g/mol. The largest absolute Gasteiger partial charge is 0.304 e. The maximum atomic E-state index is 4.27. The highest BCUT2D eigenvalue weighted by Gasteiger charge is 1.94. The van der Waals surface area contributed by atoms with E-state index in [2.05, 4.69) is 44.6 Å². The van der Waals surface area contributed by atoms with E-state index in [1.807, 2.05) is 20.3 Å². The molecule has 1 aromatic rings. The lowest BCUT2D eigenvalue weighted by atomic mass is 10.3. The van der Waals surface area contributed by atoms with Crippen LogP contribution in [0.5, 0.6) is 0 Å². The first-order valence-electron chi connectivity index (χ1n) is 3.43. The summed E-state index contributed by atoms with van der Waals surface area (Å²) >= 11 is 2.25. The SMILES string of the molecule is CN(C)Cc1ccc(I)cn1. The number of hydrogen-bond donors (Lipinski definition) is 0. The Bertz CT molecular complexity index is 218. The van der Waals surface area contributed by atoms with Gasteiger partial charge in [-0.15, -0.1) is 0 Å². The van der Waals surface area contributed by atoms with Crippen molar-refractivity contribution >= 4 is 22.6 Å². The van der Waals surface area contributed by atoms with Crippen molar-refractivity contribution < 1.29 is 0 Å².